The van der Waals surface area contributed by atoms with Crippen molar-refractivity contribution in [3.05, 3.63) is 60.2 Å². The number of nitrogens with two attached hydrogens (primary N) is 1. The summed E-state index contributed by atoms with van der Waals surface area (Å²) in [6.07, 6.45) is 5.79. The average molecular weight is 426 g/mol. The summed E-state index contributed by atoms with van der Waals surface area (Å²) in [7, 11) is 0. The maximum absolute atomic E-state index is 13.3. The number of hydrogen-bond acceptors (Lipinski definition) is 7. The van der Waals surface area contributed by atoms with Gasteiger partial charge in [-0.15, -0.1) is 5.10 Å². The Morgan fingerprint density at radius 1 is 1.29 bits per heavy atom. The highest BCUT2D eigenvalue weighted by Gasteiger charge is 2.23. The van der Waals surface area contributed by atoms with Gasteiger partial charge in [0.1, 0.15) is 11.6 Å². The zero-order chi connectivity index (χ0) is 21.4. The van der Waals surface area contributed by atoms with E-state index in [0.29, 0.717) is 41.1 Å². The molecular formula is C22H28FN7O. The van der Waals surface area contributed by atoms with E-state index in [0.717, 1.165) is 18.4 Å². The lowest BCUT2D eigenvalue weighted by molar-refractivity contribution is 0.277. The van der Waals surface area contributed by atoms with Gasteiger partial charge in [0.15, 0.2) is 11.5 Å². The summed E-state index contributed by atoms with van der Waals surface area (Å²) in [5, 5.41) is 7.67. The fourth-order valence-electron chi connectivity index (χ4n) is 3.37. The van der Waals surface area contributed by atoms with Crippen molar-refractivity contribution < 1.29 is 13.4 Å². The van der Waals surface area contributed by atoms with Crippen LogP contribution in [0.25, 0.3) is 16.9 Å². The maximum Gasteiger partial charge on any atom is 0.318 e. The Labute approximate surface area is 182 Å². The van der Waals surface area contributed by atoms with Crippen LogP contribution in [0.15, 0.2) is 48.8 Å². The molecule has 0 amide bonds. The number of benzene rings is 1. The third-order valence-corrected chi connectivity index (χ3v) is 5.26. The topological polar surface area (TPSA) is 103 Å². The number of hydrogen-bond donors (Lipinski definition) is 2. The van der Waals surface area contributed by atoms with Crippen LogP contribution in [0.3, 0.4) is 0 Å². The molecule has 31 heavy (non-hydrogen) atoms. The van der Waals surface area contributed by atoms with Gasteiger partial charge in [-0.05, 0) is 49.4 Å². The molecule has 1 fully saturated rings. The van der Waals surface area contributed by atoms with E-state index in [-0.39, 0.29) is 22.1 Å². The first-order chi connectivity index (χ1) is 15.1. The van der Waals surface area contributed by atoms with Crippen molar-refractivity contribution in [1.29, 1.82) is 0 Å². The van der Waals surface area contributed by atoms with Crippen LogP contribution in [-0.2, 0) is 0 Å². The molecule has 0 aliphatic heterocycles. The summed E-state index contributed by atoms with van der Waals surface area (Å²) < 4.78 is 20.8. The number of halogens is 1. The van der Waals surface area contributed by atoms with Gasteiger partial charge >= 0.3 is 6.01 Å². The molecule has 3 N–H and O–H groups in total. The molecular weight excluding hydrogens is 397 g/mol. The number of rotatable bonds is 7. The zero-order valence-electron chi connectivity index (χ0n) is 17.0. The summed E-state index contributed by atoms with van der Waals surface area (Å²) in [6.45, 7) is 2.56. The van der Waals surface area contributed by atoms with E-state index in [1.165, 1.54) is 12.1 Å². The monoisotopic (exact) mass is 425 g/mol. The number of fused-ring (bicyclic) bond motifs is 1. The quantitative estimate of drug-likeness (QED) is 0.446. The standard InChI is InChI=1S/C22H22FN7O.3H2/c1-13(15-5-7-16(23)8-6-15)26-18-11-17(27-22(28-18)31-12-14-3-4-14)19-20(24)29-30-10-2-9-25-21(19)30;;;/h2,5-11,13-14H,3-4,12H2,1H3,(H2,24,29)(H,26,27,28);3*1H/t13-;;;/m0.../s1. The van der Waals surface area contributed by atoms with Crippen LogP contribution in [0.5, 0.6) is 6.01 Å². The Morgan fingerprint density at radius 3 is 2.87 bits per heavy atom. The van der Waals surface area contributed by atoms with Gasteiger partial charge in [-0.25, -0.2) is 13.9 Å². The second-order valence-corrected chi connectivity index (χ2v) is 7.74. The first-order valence-corrected chi connectivity index (χ1v) is 10.2. The molecule has 1 aromatic carbocycles. The molecule has 164 valence electrons. The minimum absolute atomic E-state index is 0. The minimum atomic E-state index is -0.271. The van der Waals surface area contributed by atoms with Crippen LogP contribution in [-0.4, -0.2) is 31.2 Å². The van der Waals surface area contributed by atoms with E-state index >= 15 is 0 Å². The molecule has 0 unspecified atom stereocenters. The predicted molar refractivity (Wildman–Crippen MR) is 121 cm³/mol. The highest BCUT2D eigenvalue weighted by Crippen LogP contribution is 2.32. The van der Waals surface area contributed by atoms with Gasteiger partial charge in [0, 0.05) is 28.8 Å². The molecule has 0 radical (unpaired) electrons. The molecule has 3 heterocycles. The largest absolute Gasteiger partial charge is 0.463 e. The molecule has 5 rings (SSSR count). The minimum Gasteiger partial charge on any atom is -0.463 e. The van der Waals surface area contributed by atoms with Gasteiger partial charge in [-0.1, -0.05) is 12.1 Å². The fraction of sp³-hybridized carbons (Fsp3) is 0.273. The number of anilines is 2. The van der Waals surface area contributed by atoms with Gasteiger partial charge in [0.2, 0.25) is 0 Å². The second-order valence-electron chi connectivity index (χ2n) is 7.74. The first kappa shape index (κ1) is 19.2. The number of nitrogens with one attached hydrogen (secondary N) is 1. The molecule has 0 spiro atoms. The Hall–Kier alpha value is -3.75. The number of ether oxygens (including phenoxy) is 1. The van der Waals surface area contributed by atoms with Crippen LogP contribution in [0.4, 0.5) is 16.0 Å². The lowest BCUT2D eigenvalue weighted by Gasteiger charge is -2.16. The van der Waals surface area contributed by atoms with Crippen molar-refractivity contribution in [3.8, 4) is 17.3 Å². The Balaban J connectivity index is 0.00000136. The van der Waals surface area contributed by atoms with Gasteiger partial charge in [-0.3, -0.25) is 0 Å². The molecule has 0 bridgehead atoms. The lowest BCUT2D eigenvalue weighted by atomic mass is 10.1. The predicted octanol–water partition coefficient (Wildman–Crippen LogP) is 4.61. The van der Waals surface area contributed by atoms with E-state index in [4.69, 9.17) is 10.5 Å². The fourth-order valence-corrected chi connectivity index (χ4v) is 3.37. The molecule has 3 aromatic heterocycles. The van der Waals surface area contributed by atoms with E-state index in [1.807, 2.05) is 6.92 Å². The third-order valence-electron chi connectivity index (χ3n) is 5.26. The van der Waals surface area contributed by atoms with Crippen molar-refractivity contribution in [1.82, 2.24) is 24.6 Å². The Morgan fingerprint density at radius 2 is 2.10 bits per heavy atom. The van der Waals surface area contributed by atoms with Crippen molar-refractivity contribution in [2.45, 2.75) is 25.8 Å². The van der Waals surface area contributed by atoms with Crippen molar-refractivity contribution in [2.75, 3.05) is 17.7 Å². The van der Waals surface area contributed by atoms with E-state index in [1.54, 1.807) is 41.2 Å². The molecule has 1 atom stereocenters. The van der Waals surface area contributed by atoms with Crippen molar-refractivity contribution >= 4 is 17.3 Å². The second kappa shape index (κ2) is 7.82. The van der Waals surface area contributed by atoms with Crippen LogP contribution in [0.1, 0.15) is 35.7 Å². The normalized spacial score (nSPS) is 14.5. The lowest BCUT2D eigenvalue weighted by Crippen LogP contribution is -2.10. The molecule has 4 aromatic rings. The van der Waals surface area contributed by atoms with Crippen LogP contribution < -0.4 is 15.8 Å². The highest BCUT2D eigenvalue weighted by molar-refractivity contribution is 5.85. The van der Waals surface area contributed by atoms with Crippen LogP contribution in [0.2, 0.25) is 0 Å². The Bertz CT molecular complexity index is 1240. The summed E-state index contributed by atoms with van der Waals surface area (Å²) in [5.74, 6) is 1.18. The van der Waals surface area contributed by atoms with E-state index in [2.05, 4.69) is 25.4 Å². The van der Waals surface area contributed by atoms with Gasteiger partial charge in [-0.2, -0.15) is 9.97 Å². The van der Waals surface area contributed by atoms with E-state index in [9.17, 15) is 4.39 Å². The SMILES string of the molecule is C[C@H](Nc1cc(-c2c(N)nn3cccnc23)nc(OCC2CC2)n1)c1ccc(F)cc1.[HH].[HH].[HH]. The Kier molecular flexibility index (Phi) is 4.85. The van der Waals surface area contributed by atoms with Crippen molar-refractivity contribution in [3.63, 3.8) is 0 Å². The number of aromatic nitrogens is 5. The van der Waals surface area contributed by atoms with Crippen molar-refractivity contribution in [2.24, 2.45) is 5.92 Å². The van der Waals surface area contributed by atoms with E-state index < -0.39 is 0 Å². The number of nitrogen functional groups attached to an aromatic ring is 1. The number of nitrogens with zero attached hydrogens (tertiary/aromatic N) is 5. The molecule has 1 aliphatic carbocycles. The highest BCUT2D eigenvalue weighted by atomic mass is 19.1. The summed E-state index contributed by atoms with van der Waals surface area (Å²) in [5.41, 5.74) is 8.92. The third kappa shape index (κ3) is 4.11. The average Bonchev–Trinajstić information content (AvgIpc) is 3.53. The summed E-state index contributed by atoms with van der Waals surface area (Å²) in [6, 6.07) is 10.1. The maximum atomic E-state index is 13.3. The molecule has 1 saturated carbocycles. The van der Waals surface area contributed by atoms with Crippen LogP contribution in [0, 0.1) is 11.7 Å². The molecule has 9 heteroatoms. The first-order valence-electron chi connectivity index (χ1n) is 10.2. The summed E-state index contributed by atoms with van der Waals surface area (Å²) in [4.78, 5) is 13.5. The van der Waals surface area contributed by atoms with Gasteiger partial charge in [0.05, 0.1) is 17.9 Å². The van der Waals surface area contributed by atoms with Crippen LogP contribution >= 0.6 is 0 Å². The molecule has 1 aliphatic rings. The summed E-state index contributed by atoms with van der Waals surface area (Å²) >= 11 is 0. The smallest absolute Gasteiger partial charge is 0.318 e. The zero-order valence-corrected chi connectivity index (χ0v) is 17.0. The van der Waals surface area contributed by atoms with Gasteiger partial charge < -0.3 is 15.8 Å². The molecule has 0 saturated heterocycles. The van der Waals surface area contributed by atoms with Gasteiger partial charge in [0.25, 0.3) is 0 Å². The molecule has 8 nitrogen and oxygen atoms in total.